The van der Waals surface area contributed by atoms with Gasteiger partial charge in [-0.15, -0.1) is 0 Å². The summed E-state index contributed by atoms with van der Waals surface area (Å²) in [6.07, 6.45) is 0. The van der Waals surface area contributed by atoms with E-state index in [-0.39, 0.29) is 23.9 Å². The third kappa shape index (κ3) is 6.20. The van der Waals surface area contributed by atoms with Crippen molar-refractivity contribution in [3.8, 4) is 5.75 Å². The van der Waals surface area contributed by atoms with Gasteiger partial charge in [-0.05, 0) is 45.5 Å². The molecule has 1 rings (SSSR count). The highest BCUT2D eigenvalue weighted by atomic mass is 19.1. The standard InChI is InChI=1S/C14H21FN2O2/c1-14(2,3)17-13(18)9-19-12-6-10(8-16-4)5-11(15)7-12/h5-7,16H,8-9H2,1-4H3,(H,17,18). The van der Waals surface area contributed by atoms with Crippen molar-refractivity contribution in [3.05, 3.63) is 29.6 Å². The van der Waals surface area contributed by atoms with E-state index in [9.17, 15) is 9.18 Å². The van der Waals surface area contributed by atoms with Gasteiger partial charge in [0.05, 0.1) is 0 Å². The van der Waals surface area contributed by atoms with Crippen LogP contribution in [0.5, 0.6) is 5.75 Å². The van der Waals surface area contributed by atoms with Crippen LogP contribution in [0.3, 0.4) is 0 Å². The van der Waals surface area contributed by atoms with Crippen molar-refractivity contribution >= 4 is 5.91 Å². The van der Waals surface area contributed by atoms with E-state index in [0.717, 1.165) is 5.56 Å². The fourth-order valence-electron chi connectivity index (χ4n) is 1.61. The number of hydrogen-bond acceptors (Lipinski definition) is 3. The summed E-state index contributed by atoms with van der Waals surface area (Å²) in [6, 6.07) is 4.41. The SMILES string of the molecule is CNCc1cc(F)cc(OCC(=O)NC(C)(C)C)c1. The Labute approximate surface area is 113 Å². The molecule has 0 aromatic heterocycles. The summed E-state index contributed by atoms with van der Waals surface area (Å²) in [5.74, 6) is -0.250. The molecule has 0 fully saturated rings. The number of amides is 1. The zero-order valence-electron chi connectivity index (χ0n) is 11.8. The molecule has 0 aliphatic carbocycles. The number of nitrogens with one attached hydrogen (secondary N) is 2. The molecule has 0 saturated heterocycles. The molecular weight excluding hydrogens is 247 g/mol. The molecule has 106 valence electrons. The lowest BCUT2D eigenvalue weighted by Crippen LogP contribution is -2.43. The van der Waals surface area contributed by atoms with Crippen LogP contribution >= 0.6 is 0 Å². The molecule has 0 atom stereocenters. The van der Waals surface area contributed by atoms with Gasteiger partial charge in [0, 0.05) is 18.2 Å². The number of benzene rings is 1. The number of carbonyl (C=O) groups is 1. The van der Waals surface area contributed by atoms with Crippen LogP contribution in [-0.2, 0) is 11.3 Å². The number of carbonyl (C=O) groups excluding carboxylic acids is 1. The van der Waals surface area contributed by atoms with E-state index in [4.69, 9.17) is 4.74 Å². The van der Waals surface area contributed by atoms with Gasteiger partial charge in [-0.2, -0.15) is 0 Å². The van der Waals surface area contributed by atoms with Gasteiger partial charge in [-0.25, -0.2) is 4.39 Å². The molecule has 2 N–H and O–H groups in total. The quantitative estimate of drug-likeness (QED) is 0.856. The predicted molar refractivity (Wildman–Crippen MR) is 72.6 cm³/mol. The molecule has 0 aliphatic heterocycles. The van der Waals surface area contributed by atoms with Gasteiger partial charge < -0.3 is 15.4 Å². The van der Waals surface area contributed by atoms with Gasteiger partial charge in [0.25, 0.3) is 5.91 Å². The van der Waals surface area contributed by atoms with Gasteiger partial charge in [0.2, 0.25) is 0 Å². The Hall–Kier alpha value is -1.62. The third-order valence-corrected chi connectivity index (χ3v) is 2.20. The maximum absolute atomic E-state index is 13.3. The van der Waals surface area contributed by atoms with Crippen molar-refractivity contribution in [2.24, 2.45) is 0 Å². The smallest absolute Gasteiger partial charge is 0.258 e. The summed E-state index contributed by atoms with van der Waals surface area (Å²) in [5, 5.41) is 5.71. The highest BCUT2D eigenvalue weighted by molar-refractivity contribution is 5.78. The lowest BCUT2D eigenvalue weighted by Gasteiger charge is -2.20. The van der Waals surface area contributed by atoms with Crippen LogP contribution in [0, 0.1) is 5.82 Å². The van der Waals surface area contributed by atoms with E-state index in [1.165, 1.54) is 12.1 Å². The second-order valence-corrected chi connectivity index (χ2v) is 5.41. The Kier molecular flexibility index (Phi) is 5.30. The summed E-state index contributed by atoms with van der Waals surface area (Å²) >= 11 is 0. The number of rotatable bonds is 5. The van der Waals surface area contributed by atoms with Gasteiger partial charge >= 0.3 is 0 Å². The number of ether oxygens (including phenoxy) is 1. The zero-order chi connectivity index (χ0) is 14.5. The minimum absolute atomic E-state index is 0.125. The van der Waals surface area contributed by atoms with Crippen molar-refractivity contribution in [1.29, 1.82) is 0 Å². The minimum Gasteiger partial charge on any atom is -0.484 e. The molecule has 1 aromatic rings. The zero-order valence-corrected chi connectivity index (χ0v) is 11.8. The number of hydrogen-bond donors (Lipinski definition) is 2. The Morgan fingerprint density at radius 1 is 1.32 bits per heavy atom. The Morgan fingerprint density at radius 3 is 2.58 bits per heavy atom. The first-order valence-corrected chi connectivity index (χ1v) is 6.18. The average molecular weight is 268 g/mol. The first-order chi connectivity index (χ1) is 8.80. The van der Waals surface area contributed by atoms with E-state index in [2.05, 4.69) is 10.6 Å². The summed E-state index contributed by atoms with van der Waals surface area (Å²) in [4.78, 5) is 11.6. The molecule has 0 aliphatic rings. The van der Waals surface area contributed by atoms with Crippen LogP contribution in [0.4, 0.5) is 4.39 Å². The van der Waals surface area contributed by atoms with Crippen molar-refractivity contribution in [1.82, 2.24) is 10.6 Å². The lowest BCUT2D eigenvalue weighted by atomic mass is 10.1. The Balaban J connectivity index is 2.60. The molecule has 0 unspecified atom stereocenters. The Morgan fingerprint density at radius 2 is 2.00 bits per heavy atom. The Bertz CT molecular complexity index is 442. The first kappa shape index (κ1) is 15.4. The molecule has 19 heavy (non-hydrogen) atoms. The second-order valence-electron chi connectivity index (χ2n) is 5.41. The van der Waals surface area contributed by atoms with Crippen LogP contribution in [-0.4, -0.2) is 25.1 Å². The molecule has 4 nitrogen and oxygen atoms in total. The molecule has 0 heterocycles. The fourth-order valence-corrected chi connectivity index (χ4v) is 1.61. The first-order valence-electron chi connectivity index (χ1n) is 6.18. The predicted octanol–water partition coefficient (Wildman–Crippen LogP) is 1.84. The molecule has 0 radical (unpaired) electrons. The highest BCUT2D eigenvalue weighted by Crippen LogP contribution is 2.16. The summed E-state index contributed by atoms with van der Waals surface area (Å²) in [7, 11) is 1.78. The fraction of sp³-hybridized carbons (Fsp3) is 0.500. The van der Waals surface area contributed by atoms with Crippen molar-refractivity contribution in [3.63, 3.8) is 0 Å². The largest absolute Gasteiger partial charge is 0.484 e. The van der Waals surface area contributed by atoms with Crippen LogP contribution in [0.15, 0.2) is 18.2 Å². The van der Waals surface area contributed by atoms with Crippen molar-refractivity contribution < 1.29 is 13.9 Å². The normalized spacial score (nSPS) is 11.2. The van der Waals surface area contributed by atoms with E-state index in [1.54, 1.807) is 13.1 Å². The van der Waals surface area contributed by atoms with Crippen molar-refractivity contribution in [2.75, 3.05) is 13.7 Å². The minimum atomic E-state index is -0.376. The monoisotopic (exact) mass is 268 g/mol. The van der Waals surface area contributed by atoms with Gasteiger partial charge in [0.1, 0.15) is 11.6 Å². The van der Waals surface area contributed by atoms with Crippen LogP contribution in [0.25, 0.3) is 0 Å². The molecule has 1 amide bonds. The molecule has 5 heteroatoms. The maximum atomic E-state index is 13.3. The maximum Gasteiger partial charge on any atom is 0.258 e. The molecule has 0 spiro atoms. The van der Waals surface area contributed by atoms with Gasteiger partial charge in [0.15, 0.2) is 6.61 Å². The molecule has 0 saturated carbocycles. The van der Waals surface area contributed by atoms with Crippen LogP contribution in [0.1, 0.15) is 26.3 Å². The van der Waals surface area contributed by atoms with Gasteiger partial charge in [-0.1, -0.05) is 0 Å². The van der Waals surface area contributed by atoms with Crippen LogP contribution < -0.4 is 15.4 Å². The van der Waals surface area contributed by atoms with E-state index < -0.39 is 0 Å². The highest BCUT2D eigenvalue weighted by Gasteiger charge is 2.14. The lowest BCUT2D eigenvalue weighted by molar-refractivity contribution is -0.124. The van der Waals surface area contributed by atoms with E-state index in [0.29, 0.717) is 12.3 Å². The molecule has 1 aromatic carbocycles. The van der Waals surface area contributed by atoms with E-state index in [1.807, 2.05) is 20.8 Å². The summed E-state index contributed by atoms with van der Waals surface area (Å²) < 4.78 is 18.6. The summed E-state index contributed by atoms with van der Waals surface area (Å²) in [6.45, 7) is 6.08. The topological polar surface area (TPSA) is 50.4 Å². The summed E-state index contributed by atoms with van der Waals surface area (Å²) in [5.41, 5.74) is 0.466. The third-order valence-electron chi connectivity index (χ3n) is 2.20. The molecular formula is C14H21FN2O2. The van der Waals surface area contributed by atoms with Crippen molar-refractivity contribution in [2.45, 2.75) is 32.9 Å². The average Bonchev–Trinajstić information content (AvgIpc) is 2.24. The van der Waals surface area contributed by atoms with E-state index >= 15 is 0 Å². The molecule has 0 bridgehead atoms. The number of halogens is 1. The second kappa shape index (κ2) is 6.52. The van der Waals surface area contributed by atoms with Crippen LogP contribution in [0.2, 0.25) is 0 Å². The van der Waals surface area contributed by atoms with Gasteiger partial charge in [-0.3, -0.25) is 4.79 Å².